The van der Waals surface area contributed by atoms with E-state index >= 15 is 0 Å². The highest BCUT2D eigenvalue weighted by molar-refractivity contribution is 5.84. The summed E-state index contributed by atoms with van der Waals surface area (Å²) >= 11 is 0. The minimum absolute atomic E-state index is 0.0272. The van der Waals surface area contributed by atoms with Gasteiger partial charge >= 0.3 is 5.97 Å². The van der Waals surface area contributed by atoms with Crippen molar-refractivity contribution < 1.29 is 9.90 Å². The highest BCUT2D eigenvalue weighted by Crippen LogP contribution is 2.27. The Morgan fingerprint density at radius 1 is 1.69 bits per heavy atom. The van der Waals surface area contributed by atoms with Crippen LogP contribution in [0.5, 0.6) is 0 Å². The highest BCUT2D eigenvalue weighted by atomic mass is 16.4. The van der Waals surface area contributed by atoms with E-state index < -0.39 is 5.97 Å². The van der Waals surface area contributed by atoms with Crippen molar-refractivity contribution in [3.8, 4) is 0 Å². The first-order valence-corrected chi connectivity index (χ1v) is 4.39. The van der Waals surface area contributed by atoms with Gasteiger partial charge in [0.2, 0.25) is 0 Å². The number of hydrogen-bond donors (Lipinski definition) is 1. The van der Waals surface area contributed by atoms with Crippen LogP contribution in [-0.2, 0) is 6.54 Å². The normalized spacial score (nSPS) is 16.9. The van der Waals surface area contributed by atoms with Crippen LogP contribution in [0.4, 0.5) is 0 Å². The first-order valence-electron chi connectivity index (χ1n) is 4.39. The standard InChI is InChI=1S/C8H11N3O2/c12-8(13)7-4-9-11(10-7)5-6-2-1-3-6/h4,6H,1-3,5H2,(H,12,13). The maximum atomic E-state index is 10.5. The second-order valence-corrected chi connectivity index (χ2v) is 3.39. The van der Waals surface area contributed by atoms with Crippen LogP contribution in [0.1, 0.15) is 29.8 Å². The Labute approximate surface area is 75.4 Å². The summed E-state index contributed by atoms with van der Waals surface area (Å²) in [5.74, 6) is -0.367. The Morgan fingerprint density at radius 2 is 2.46 bits per heavy atom. The minimum Gasteiger partial charge on any atom is -0.476 e. The van der Waals surface area contributed by atoms with Gasteiger partial charge in [0.15, 0.2) is 5.69 Å². The van der Waals surface area contributed by atoms with Gasteiger partial charge in [-0.05, 0) is 18.8 Å². The lowest BCUT2D eigenvalue weighted by Gasteiger charge is -2.24. The number of aromatic carboxylic acids is 1. The average molecular weight is 181 g/mol. The Kier molecular flexibility index (Phi) is 2.00. The molecule has 5 nitrogen and oxygen atoms in total. The number of carboxylic acids is 1. The molecule has 5 heteroatoms. The Morgan fingerprint density at radius 3 is 2.92 bits per heavy atom. The van der Waals surface area contributed by atoms with Crippen molar-refractivity contribution in [3.63, 3.8) is 0 Å². The lowest BCUT2D eigenvalue weighted by atomic mass is 9.86. The van der Waals surface area contributed by atoms with Gasteiger partial charge in [0, 0.05) is 0 Å². The summed E-state index contributed by atoms with van der Waals surface area (Å²) in [6, 6.07) is 0. The van der Waals surface area contributed by atoms with E-state index in [9.17, 15) is 4.79 Å². The van der Waals surface area contributed by atoms with Crippen LogP contribution in [0.25, 0.3) is 0 Å². The van der Waals surface area contributed by atoms with Crippen LogP contribution in [0.3, 0.4) is 0 Å². The first-order chi connectivity index (χ1) is 6.25. The zero-order chi connectivity index (χ0) is 9.26. The summed E-state index contributed by atoms with van der Waals surface area (Å²) < 4.78 is 0. The lowest BCUT2D eigenvalue weighted by molar-refractivity contribution is 0.0689. The van der Waals surface area contributed by atoms with Crippen molar-refractivity contribution in [1.82, 2.24) is 15.0 Å². The van der Waals surface area contributed by atoms with Crippen LogP contribution >= 0.6 is 0 Å². The lowest BCUT2D eigenvalue weighted by Crippen LogP contribution is -2.19. The largest absolute Gasteiger partial charge is 0.476 e. The summed E-state index contributed by atoms with van der Waals surface area (Å²) in [4.78, 5) is 11.9. The van der Waals surface area contributed by atoms with Crippen molar-refractivity contribution in [2.45, 2.75) is 25.8 Å². The molecule has 1 heterocycles. The molecule has 0 spiro atoms. The van der Waals surface area contributed by atoms with Crippen LogP contribution in [0, 0.1) is 5.92 Å². The number of carboxylic acid groups (broad SMARTS) is 1. The van der Waals surface area contributed by atoms with Crippen LogP contribution < -0.4 is 0 Å². The molecule has 1 saturated carbocycles. The van der Waals surface area contributed by atoms with Crippen molar-refractivity contribution in [2.75, 3.05) is 0 Å². The van der Waals surface area contributed by atoms with E-state index in [1.807, 2.05) is 0 Å². The summed E-state index contributed by atoms with van der Waals surface area (Å²) in [7, 11) is 0. The molecule has 0 aromatic carbocycles. The maximum absolute atomic E-state index is 10.5. The van der Waals surface area contributed by atoms with Crippen molar-refractivity contribution >= 4 is 5.97 Å². The molecule has 0 atom stereocenters. The van der Waals surface area contributed by atoms with Gasteiger partial charge in [-0.1, -0.05) is 6.42 Å². The Bertz CT molecular complexity index is 317. The number of hydrogen-bond acceptors (Lipinski definition) is 3. The molecule has 0 saturated heterocycles. The highest BCUT2D eigenvalue weighted by Gasteiger charge is 2.19. The van der Waals surface area contributed by atoms with Gasteiger partial charge < -0.3 is 5.11 Å². The summed E-state index contributed by atoms with van der Waals surface area (Å²) in [6.07, 6.45) is 4.99. The van der Waals surface area contributed by atoms with Crippen LogP contribution in [0.2, 0.25) is 0 Å². The molecule has 70 valence electrons. The predicted molar refractivity (Wildman–Crippen MR) is 44.3 cm³/mol. The number of nitrogens with zero attached hydrogens (tertiary/aromatic N) is 3. The number of rotatable bonds is 3. The summed E-state index contributed by atoms with van der Waals surface area (Å²) in [5.41, 5.74) is 0.0272. The summed E-state index contributed by atoms with van der Waals surface area (Å²) in [6.45, 7) is 0.757. The number of aromatic nitrogens is 3. The first kappa shape index (κ1) is 8.22. The van der Waals surface area contributed by atoms with Gasteiger partial charge in [-0.15, -0.1) is 5.10 Å². The fourth-order valence-electron chi connectivity index (χ4n) is 1.39. The summed E-state index contributed by atoms with van der Waals surface area (Å²) in [5, 5.41) is 16.3. The Balaban J connectivity index is 2.00. The SMILES string of the molecule is O=C(O)c1cnn(CC2CCC2)n1. The second kappa shape index (κ2) is 3.16. The zero-order valence-corrected chi connectivity index (χ0v) is 7.18. The molecule has 13 heavy (non-hydrogen) atoms. The van der Waals surface area contributed by atoms with Gasteiger partial charge in [0.1, 0.15) is 0 Å². The third-order valence-electron chi connectivity index (χ3n) is 2.40. The van der Waals surface area contributed by atoms with Crippen LogP contribution in [-0.4, -0.2) is 26.1 Å². The van der Waals surface area contributed by atoms with Crippen molar-refractivity contribution in [1.29, 1.82) is 0 Å². The van der Waals surface area contributed by atoms with E-state index in [2.05, 4.69) is 10.2 Å². The monoisotopic (exact) mass is 181 g/mol. The zero-order valence-electron chi connectivity index (χ0n) is 7.18. The molecule has 1 aromatic rings. The Hall–Kier alpha value is -1.39. The van der Waals surface area contributed by atoms with E-state index in [0.29, 0.717) is 5.92 Å². The van der Waals surface area contributed by atoms with E-state index in [0.717, 1.165) is 6.54 Å². The fraction of sp³-hybridized carbons (Fsp3) is 0.625. The van der Waals surface area contributed by atoms with E-state index in [4.69, 9.17) is 5.11 Å². The third kappa shape index (κ3) is 1.68. The van der Waals surface area contributed by atoms with Gasteiger partial charge in [0.25, 0.3) is 0 Å². The molecule has 1 aliphatic rings. The number of carbonyl (C=O) groups is 1. The molecule has 1 aromatic heterocycles. The second-order valence-electron chi connectivity index (χ2n) is 3.39. The molecule has 0 bridgehead atoms. The van der Waals surface area contributed by atoms with Gasteiger partial charge in [-0.2, -0.15) is 9.90 Å². The van der Waals surface area contributed by atoms with E-state index in [1.165, 1.54) is 30.3 Å². The quantitative estimate of drug-likeness (QED) is 0.748. The maximum Gasteiger partial charge on any atom is 0.358 e. The molecular weight excluding hydrogens is 170 g/mol. The molecule has 1 fully saturated rings. The molecule has 0 unspecified atom stereocenters. The van der Waals surface area contributed by atoms with Crippen molar-refractivity contribution in [2.24, 2.45) is 5.92 Å². The molecule has 0 aliphatic heterocycles. The molecule has 2 rings (SSSR count). The molecule has 0 radical (unpaired) electrons. The molecular formula is C8H11N3O2. The molecule has 0 amide bonds. The predicted octanol–water partition coefficient (Wildman–Crippen LogP) is 0.776. The topological polar surface area (TPSA) is 68.0 Å². The molecule has 1 aliphatic carbocycles. The van der Waals surface area contributed by atoms with E-state index in [-0.39, 0.29) is 5.69 Å². The smallest absolute Gasteiger partial charge is 0.358 e. The third-order valence-corrected chi connectivity index (χ3v) is 2.40. The molecule has 1 N–H and O–H groups in total. The van der Waals surface area contributed by atoms with Gasteiger partial charge in [-0.25, -0.2) is 4.79 Å². The van der Waals surface area contributed by atoms with Crippen molar-refractivity contribution in [3.05, 3.63) is 11.9 Å². The fourth-order valence-corrected chi connectivity index (χ4v) is 1.39. The van der Waals surface area contributed by atoms with E-state index in [1.54, 1.807) is 0 Å². The van der Waals surface area contributed by atoms with Gasteiger partial charge in [0.05, 0.1) is 12.7 Å². The average Bonchev–Trinajstić information content (AvgIpc) is 2.44. The van der Waals surface area contributed by atoms with Crippen LogP contribution in [0.15, 0.2) is 6.20 Å². The minimum atomic E-state index is -1.01. The van der Waals surface area contributed by atoms with Gasteiger partial charge in [-0.3, -0.25) is 0 Å².